The molecule has 0 unspecified atom stereocenters. The van der Waals surface area contributed by atoms with E-state index in [1.807, 2.05) is 0 Å². The standard InChI is InChI=1S/C9H4Br2FNO/c10-4-3-9(14)13-6-1-2-8(12)7(11)5-6/h1-2,5H,(H,13,14). The van der Waals surface area contributed by atoms with Crippen LogP contribution < -0.4 is 5.32 Å². The van der Waals surface area contributed by atoms with Crippen molar-refractivity contribution >= 4 is 43.5 Å². The molecule has 1 rings (SSSR count). The van der Waals surface area contributed by atoms with E-state index >= 15 is 0 Å². The third kappa shape index (κ3) is 3.13. The van der Waals surface area contributed by atoms with Crippen molar-refractivity contribution in [2.24, 2.45) is 0 Å². The number of rotatable bonds is 1. The molecule has 0 radical (unpaired) electrons. The molecule has 0 bridgehead atoms. The van der Waals surface area contributed by atoms with E-state index in [-0.39, 0.29) is 5.82 Å². The Bertz CT molecular complexity index is 423. The van der Waals surface area contributed by atoms with Crippen LogP contribution in [-0.4, -0.2) is 5.91 Å². The number of amides is 1. The fourth-order valence-electron chi connectivity index (χ4n) is 0.779. The molecular formula is C9H4Br2FNO. The number of carbonyl (C=O) groups excluding carboxylic acids is 1. The topological polar surface area (TPSA) is 29.1 Å². The second kappa shape index (κ2) is 5.13. The highest BCUT2D eigenvalue weighted by atomic mass is 79.9. The van der Waals surface area contributed by atoms with Crippen LogP contribution >= 0.6 is 31.9 Å². The predicted octanol–water partition coefficient (Wildman–Crippen LogP) is 2.88. The molecule has 0 aliphatic rings. The fraction of sp³-hybridized carbons (Fsp3) is 0. The Balaban J connectivity index is 2.81. The molecule has 14 heavy (non-hydrogen) atoms. The number of nitrogens with one attached hydrogen (secondary N) is 1. The van der Waals surface area contributed by atoms with Crippen LogP contribution in [0.3, 0.4) is 0 Å². The molecule has 0 atom stereocenters. The maximum absolute atomic E-state index is 12.8. The zero-order valence-electron chi connectivity index (χ0n) is 6.77. The molecule has 0 saturated carbocycles. The van der Waals surface area contributed by atoms with Gasteiger partial charge in [-0.15, -0.1) is 0 Å². The average molecular weight is 321 g/mol. The minimum Gasteiger partial charge on any atom is -0.315 e. The first-order valence-electron chi connectivity index (χ1n) is 3.51. The molecule has 1 N–H and O–H groups in total. The lowest BCUT2D eigenvalue weighted by molar-refractivity contribution is -0.111. The molecule has 1 aromatic rings. The van der Waals surface area contributed by atoms with Crippen LogP contribution in [0.1, 0.15) is 0 Å². The number of anilines is 1. The molecule has 1 aromatic carbocycles. The summed E-state index contributed by atoms with van der Waals surface area (Å²) in [7, 11) is 0. The molecule has 72 valence electrons. The molecule has 0 aliphatic heterocycles. The van der Waals surface area contributed by atoms with Gasteiger partial charge in [-0.1, -0.05) is 0 Å². The van der Waals surface area contributed by atoms with E-state index in [1.165, 1.54) is 18.2 Å². The van der Waals surface area contributed by atoms with Crippen LogP contribution in [-0.2, 0) is 4.79 Å². The van der Waals surface area contributed by atoms with Crippen molar-refractivity contribution in [3.05, 3.63) is 28.5 Å². The molecule has 0 fully saturated rings. The second-order valence-corrected chi connectivity index (χ2v) is 3.55. The zero-order chi connectivity index (χ0) is 10.6. The van der Waals surface area contributed by atoms with Crippen molar-refractivity contribution in [1.29, 1.82) is 0 Å². The second-order valence-electron chi connectivity index (χ2n) is 2.30. The summed E-state index contributed by atoms with van der Waals surface area (Å²) in [6, 6.07) is 4.16. The SMILES string of the molecule is O=C(C#CBr)Nc1ccc(F)c(Br)c1. The normalized spacial score (nSPS) is 8.79. The van der Waals surface area contributed by atoms with Gasteiger partial charge >= 0.3 is 5.91 Å². The summed E-state index contributed by atoms with van der Waals surface area (Å²) in [5.41, 5.74) is 0.485. The summed E-state index contributed by atoms with van der Waals surface area (Å²) in [6.45, 7) is 0. The van der Waals surface area contributed by atoms with Crippen molar-refractivity contribution < 1.29 is 9.18 Å². The maximum Gasteiger partial charge on any atom is 0.301 e. The summed E-state index contributed by atoms with van der Waals surface area (Å²) in [5, 5.41) is 2.47. The third-order valence-electron chi connectivity index (χ3n) is 1.34. The van der Waals surface area contributed by atoms with Crippen molar-refractivity contribution in [1.82, 2.24) is 0 Å². The maximum atomic E-state index is 12.8. The number of hydrogen-bond donors (Lipinski definition) is 1. The highest BCUT2D eigenvalue weighted by Crippen LogP contribution is 2.19. The van der Waals surface area contributed by atoms with Crippen LogP contribution in [0.4, 0.5) is 10.1 Å². The van der Waals surface area contributed by atoms with Crippen LogP contribution in [0.25, 0.3) is 0 Å². The van der Waals surface area contributed by atoms with Gasteiger partial charge in [0.25, 0.3) is 0 Å². The zero-order valence-corrected chi connectivity index (χ0v) is 9.95. The van der Waals surface area contributed by atoms with Crippen molar-refractivity contribution in [3.8, 4) is 10.8 Å². The number of hydrogen-bond acceptors (Lipinski definition) is 1. The predicted molar refractivity (Wildman–Crippen MR) is 59.4 cm³/mol. The van der Waals surface area contributed by atoms with E-state index in [1.54, 1.807) is 0 Å². The lowest BCUT2D eigenvalue weighted by Crippen LogP contribution is -2.08. The van der Waals surface area contributed by atoms with Gasteiger partial charge in [-0.3, -0.25) is 4.79 Å². The van der Waals surface area contributed by atoms with Gasteiger partial charge in [0, 0.05) is 27.5 Å². The van der Waals surface area contributed by atoms with Crippen LogP contribution in [0.5, 0.6) is 0 Å². The van der Waals surface area contributed by atoms with Crippen molar-refractivity contribution in [2.75, 3.05) is 5.32 Å². The van der Waals surface area contributed by atoms with Crippen LogP contribution in [0, 0.1) is 16.6 Å². The Morgan fingerprint density at radius 1 is 1.50 bits per heavy atom. The Morgan fingerprint density at radius 2 is 2.21 bits per heavy atom. The molecule has 0 saturated heterocycles. The largest absolute Gasteiger partial charge is 0.315 e. The van der Waals surface area contributed by atoms with Crippen LogP contribution in [0.2, 0.25) is 0 Å². The first kappa shape index (κ1) is 11.2. The number of halogens is 3. The Hall–Kier alpha value is -0.860. The molecular weight excluding hydrogens is 317 g/mol. The van der Waals surface area contributed by atoms with Gasteiger partial charge in [0.2, 0.25) is 0 Å². The Labute approximate surface area is 97.1 Å². The smallest absolute Gasteiger partial charge is 0.301 e. The van der Waals surface area contributed by atoms with Crippen molar-refractivity contribution in [2.45, 2.75) is 0 Å². The molecule has 0 spiro atoms. The van der Waals surface area contributed by atoms with Crippen LogP contribution in [0.15, 0.2) is 22.7 Å². The summed E-state index contributed by atoms with van der Waals surface area (Å²) < 4.78 is 13.1. The van der Waals surface area contributed by atoms with Gasteiger partial charge in [0.1, 0.15) is 5.82 Å². The monoisotopic (exact) mass is 319 g/mol. The molecule has 5 heteroatoms. The van der Waals surface area contributed by atoms with E-state index in [0.29, 0.717) is 10.2 Å². The van der Waals surface area contributed by atoms with E-state index in [9.17, 15) is 9.18 Å². The molecule has 1 amide bonds. The van der Waals surface area contributed by atoms with E-state index in [0.717, 1.165) is 0 Å². The third-order valence-corrected chi connectivity index (χ3v) is 2.14. The minimum absolute atomic E-state index is 0.294. The molecule has 2 nitrogen and oxygen atoms in total. The van der Waals surface area contributed by atoms with Gasteiger partial charge in [-0.05, 0) is 39.0 Å². The molecule has 0 aromatic heterocycles. The van der Waals surface area contributed by atoms with Crippen molar-refractivity contribution in [3.63, 3.8) is 0 Å². The van der Waals surface area contributed by atoms with E-state index in [4.69, 9.17) is 0 Å². The van der Waals surface area contributed by atoms with Gasteiger partial charge in [0.05, 0.1) is 4.47 Å². The van der Waals surface area contributed by atoms with Gasteiger partial charge in [0.15, 0.2) is 0 Å². The van der Waals surface area contributed by atoms with Gasteiger partial charge in [-0.2, -0.15) is 0 Å². The summed E-state index contributed by atoms with van der Waals surface area (Å²) in [5.74, 6) is 1.40. The van der Waals surface area contributed by atoms with Gasteiger partial charge < -0.3 is 5.32 Å². The Kier molecular flexibility index (Phi) is 4.11. The summed E-state index contributed by atoms with van der Waals surface area (Å²) >= 11 is 5.80. The number of benzene rings is 1. The summed E-state index contributed by atoms with van der Waals surface area (Å²) in [6.07, 6.45) is 0. The first-order chi connectivity index (χ1) is 6.63. The molecule has 0 heterocycles. The summed E-state index contributed by atoms with van der Waals surface area (Å²) in [4.78, 5) is 13.3. The lowest BCUT2D eigenvalue weighted by atomic mass is 10.3. The fourth-order valence-corrected chi connectivity index (χ4v) is 1.34. The molecule has 0 aliphatic carbocycles. The van der Waals surface area contributed by atoms with E-state index in [2.05, 4.69) is 47.9 Å². The Morgan fingerprint density at radius 3 is 2.79 bits per heavy atom. The van der Waals surface area contributed by atoms with E-state index < -0.39 is 5.91 Å². The highest BCUT2D eigenvalue weighted by molar-refractivity contribution is 9.12. The minimum atomic E-state index is -0.458. The lowest BCUT2D eigenvalue weighted by Gasteiger charge is -2.01. The average Bonchev–Trinajstić information content (AvgIpc) is 2.12. The highest BCUT2D eigenvalue weighted by Gasteiger charge is 2.02. The quantitative estimate of drug-likeness (QED) is 0.792. The first-order valence-corrected chi connectivity index (χ1v) is 5.10. The number of carbonyl (C=O) groups is 1. The van der Waals surface area contributed by atoms with Gasteiger partial charge in [-0.25, -0.2) is 4.39 Å².